The summed E-state index contributed by atoms with van der Waals surface area (Å²) in [4.78, 5) is 4.18. The number of pyridine rings is 1. The van der Waals surface area contributed by atoms with Crippen LogP contribution in [0.4, 0.5) is 5.82 Å². The van der Waals surface area contributed by atoms with Gasteiger partial charge in [-0.05, 0) is 18.9 Å². The number of nitrogens with zero attached hydrogens (tertiary/aromatic N) is 1. The van der Waals surface area contributed by atoms with E-state index >= 15 is 0 Å². The van der Waals surface area contributed by atoms with Gasteiger partial charge in [-0.1, -0.05) is 0 Å². The van der Waals surface area contributed by atoms with Crippen LogP contribution < -0.4 is 10.0 Å². The Bertz CT molecular complexity index is 564. The Balaban J connectivity index is 2.11. The molecule has 0 aliphatic carbocycles. The minimum absolute atomic E-state index is 0.131. The fourth-order valence-electron chi connectivity index (χ4n) is 1.91. The summed E-state index contributed by atoms with van der Waals surface area (Å²) < 4.78 is 38.3. The van der Waals surface area contributed by atoms with Crippen LogP contribution in [0.15, 0.2) is 23.2 Å². The zero-order valence-electron chi connectivity index (χ0n) is 10.6. The van der Waals surface area contributed by atoms with Crippen LogP contribution in [0.2, 0.25) is 0 Å². The lowest BCUT2D eigenvalue weighted by atomic mass is 10.2. The second kappa shape index (κ2) is 5.98. The van der Waals surface area contributed by atoms with Gasteiger partial charge in [0.15, 0.2) is 0 Å². The monoisotopic (exact) mass is 303 g/mol. The van der Waals surface area contributed by atoms with Gasteiger partial charge >= 0.3 is 0 Å². The molecule has 0 aromatic carbocycles. The minimum Gasteiger partial charge on any atom is -0.373 e. The molecule has 0 unspecified atom stereocenters. The second-order valence-corrected chi connectivity index (χ2v) is 7.78. The molecule has 1 fully saturated rings. The summed E-state index contributed by atoms with van der Waals surface area (Å²) in [5.41, 5.74) is 0. The fraction of sp³-hybridized carbons (Fsp3) is 0.545. The lowest BCUT2D eigenvalue weighted by molar-refractivity contribution is 0.522. The highest BCUT2D eigenvalue weighted by molar-refractivity contribution is 7.89. The molecule has 0 amide bonds. The Morgan fingerprint density at radius 2 is 2.05 bits per heavy atom. The summed E-state index contributed by atoms with van der Waals surface area (Å²) >= 11 is 0. The van der Waals surface area contributed by atoms with Crippen molar-refractivity contribution in [2.24, 2.45) is 0 Å². The quantitative estimate of drug-likeness (QED) is 0.836. The van der Waals surface area contributed by atoms with E-state index in [1.807, 2.05) is 0 Å². The fourth-order valence-corrected chi connectivity index (χ4v) is 4.53. The van der Waals surface area contributed by atoms with Crippen molar-refractivity contribution in [3.8, 4) is 0 Å². The molecule has 0 radical (unpaired) electrons. The molecule has 8 heteroatoms. The average molecular weight is 303 g/mol. The van der Waals surface area contributed by atoms with Gasteiger partial charge in [0.1, 0.15) is 5.82 Å². The number of hydrogen-bond acceptors (Lipinski definition) is 5. The number of rotatable bonds is 4. The lowest BCUT2D eigenvalue weighted by Gasteiger charge is -2.22. The first-order valence-corrected chi connectivity index (χ1v) is 8.99. The molecule has 1 saturated heterocycles. The van der Waals surface area contributed by atoms with Gasteiger partial charge in [-0.2, -0.15) is 0 Å². The van der Waals surface area contributed by atoms with Crippen LogP contribution in [0, 0.1) is 0 Å². The summed E-state index contributed by atoms with van der Waals surface area (Å²) in [6.07, 6.45) is 2.70. The molecule has 0 saturated carbocycles. The topological polar surface area (TPSA) is 88.2 Å². The van der Waals surface area contributed by atoms with Crippen molar-refractivity contribution in [3.05, 3.63) is 18.3 Å². The van der Waals surface area contributed by atoms with Crippen LogP contribution in [0.1, 0.15) is 12.8 Å². The SMILES string of the molecule is CNc1cc(S(=O)(=O)NC2CCS(=O)CC2)ccn1. The molecule has 2 rings (SSSR count). The molecule has 0 spiro atoms. The Labute approximate surface area is 115 Å². The van der Waals surface area contributed by atoms with Crippen molar-refractivity contribution < 1.29 is 12.6 Å². The van der Waals surface area contributed by atoms with E-state index in [9.17, 15) is 12.6 Å². The minimum atomic E-state index is -3.54. The predicted octanol–water partition coefficient (Wildman–Crippen LogP) is 0.313. The van der Waals surface area contributed by atoms with Crippen LogP contribution in [0.3, 0.4) is 0 Å². The highest BCUT2D eigenvalue weighted by Gasteiger charge is 2.24. The maximum atomic E-state index is 12.2. The van der Waals surface area contributed by atoms with E-state index in [1.54, 1.807) is 7.05 Å². The van der Waals surface area contributed by atoms with Crippen LogP contribution in [-0.2, 0) is 20.8 Å². The highest BCUT2D eigenvalue weighted by Crippen LogP contribution is 2.16. The molecule has 0 atom stereocenters. The Morgan fingerprint density at radius 3 is 2.68 bits per heavy atom. The molecular formula is C11H17N3O3S2. The van der Waals surface area contributed by atoms with Crippen molar-refractivity contribution in [2.75, 3.05) is 23.9 Å². The van der Waals surface area contributed by atoms with E-state index in [4.69, 9.17) is 0 Å². The van der Waals surface area contributed by atoms with Crippen LogP contribution >= 0.6 is 0 Å². The third-order valence-electron chi connectivity index (χ3n) is 3.01. The van der Waals surface area contributed by atoms with Gasteiger partial charge < -0.3 is 5.32 Å². The molecule has 1 aromatic rings. The number of anilines is 1. The van der Waals surface area contributed by atoms with Gasteiger partial charge in [0.05, 0.1) is 4.90 Å². The van der Waals surface area contributed by atoms with Gasteiger partial charge in [0.2, 0.25) is 10.0 Å². The first kappa shape index (κ1) is 14.4. The number of hydrogen-bond donors (Lipinski definition) is 2. The summed E-state index contributed by atoms with van der Waals surface area (Å²) in [5.74, 6) is 1.63. The molecule has 6 nitrogen and oxygen atoms in total. The molecule has 1 aliphatic rings. The summed E-state index contributed by atoms with van der Waals surface area (Å²) in [6, 6.07) is 2.82. The second-order valence-electron chi connectivity index (χ2n) is 4.37. The summed E-state index contributed by atoms with van der Waals surface area (Å²) in [6.45, 7) is 0. The maximum Gasteiger partial charge on any atom is 0.241 e. The maximum absolute atomic E-state index is 12.2. The van der Waals surface area contributed by atoms with Crippen molar-refractivity contribution in [2.45, 2.75) is 23.8 Å². The van der Waals surface area contributed by atoms with Crippen molar-refractivity contribution in [1.82, 2.24) is 9.71 Å². The lowest BCUT2D eigenvalue weighted by Crippen LogP contribution is -2.39. The zero-order chi connectivity index (χ0) is 13.9. The van der Waals surface area contributed by atoms with E-state index < -0.39 is 20.8 Å². The Hall–Kier alpha value is -0.990. The Kier molecular flexibility index (Phi) is 4.54. The van der Waals surface area contributed by atoms with Crippen molar-refractivity contribution in [1.29, 1.82) is 0 Å². The zero-order valence-corrected chi connectivity index (χ0v) is 12.3. The third kappa shape index (κ3) is 3.74. The van der Waals surface area contributed by atoms with Crippen molar-refractivity contribution in [3.63, 3.8) is 0 Å². The first-order valence-electron chi connectivity index (χ1n) is 6.02. The molecule has 19 heavy (non-hydrogen) atoms. The molecule has 0 bridgehead atoms. The standard InChI is InChI=1S/C11H17N3O3S2/c1-12-11-8-10(2-5-13-11)19(16,17)14-9-3-6-18(15)7-4-9/h2,5,8-9,14H,3-4,6-7H2,1H3,(H,12,13). The number of sulfonamides is 1. The van der Waals surface area contributed by atoms with Gasteiger partial charge in [0, 0.05) is 47.7 Å². The van der Waals surface area contributed by atoms with E-state index in [-0.39, 0.29) is 10.9 Å². The van der Waals surface area contributed by atoms with Crippen LogP contribution in [0.5, 0.6) is 0 Å². The normalized spacial score (nSPS) is 24.1. The van der Waals surface area contributed by atoms with E-state index in [1.165, 1.54) is 18.3 Å². The van der Waals surface area contributed by atoms with Gasteiger partial charge in [-0.25, -0.2) is 18.1 Å². The predicted molar refractivity (Wildman–Crippen MR) is 75.0 cm³/mol. The van der Waals surface area contributed by atoms with E-state index in [0.717, 1.165) is 0 Å². The first-order chi connectivity index (χ1) is 9.01. The molecule has 2 N–H and O–H groups in total. The third-order valence-corrected chi connectivity index (χ3v) is 5.91. The Morgan fingerprint density at radius 1 is 1.37 bits per heavy atom. The van der Waals surface area contributed by atoms with E-state index in [0.29, 0.717) is 30.2 Å². The van der Waals surface area contributed by atoms with Crippen LogP contribution in [-0.4, -0.2) is 42.2 Å². The van der Waals surface area contributed by atoms with Gasteiger partial charge in [0.25, 0.3) is 0 Å². The van der Waals surface area contributed by atoms with Gasteiger partial charge in [-0.15, -0.1) is 0 Å². The highest BCUT2D eigenvalue weighted by atomic mass is 32.2. The number of nitrogens with one attached hydrogen (secondary N) is 2. The molecule has 1 aliphatic heterocycles. The van der Waals surface area contributed by atoms with Gasteiger partial charge in [-0.3, -0.25) is 4.21 Å². The largest absolute Gasteiger partial charge is 0.373 e. The molecule has 106 valence electrons. The molecular weight excluding hydrogens is 286 g/mol. The van der Waals surface area contributed by atoms with E-state index in [2.05, 4.69) is 15.0 Å². The smallest absolute Gasteiger partial charge is 0.241 e. The van der Waals surface area contributed by atoms with Crippen molar-refractivity contribution >= 4 is 26.6 Å². The molecule has 2 heterocycles. The summed E-state index contributed by atoms with van der Waals surface area (Å²) in [5, 5.41) is 2.81. The van der Waals surface area contributed by atoms with Crippen LogP contribution in [0.25, 0.3) is 0 Å². The summed E-state index contributed by atoms with van der Waals surface area (Å²) in [7, 11) is -2.65. The number of aromatic nitrogens is 1. The molecule has 1 aromatic heterocycles. The average Bonchev–Trinajstić information content (AvgIpc) is 2.41.